The number of nitrogens with zero attached hydrogens (tertiary/aromatic N) is 2. The van der Waals surface area contributed by atoms with Gasteiger partial charge < -0.3 is 10.1 Å². The Morgan fingerprint density at radius 3 is 3.00 bits per heavy atom. The Hall–Kier alpha value is -1.07. The molecule has 0 aliphatic carbocycles. The standard InChI is InChI=1S/C11H16ClN3O2/c1-15-11(16)10(12)9(7-14-15)13-6-8-2-4-17-5-3-8/h7-8,13H,2-6H2,1H3. The molecular weight excluding hydrogens is 242 g/mol. The number of nitrogens with one attached hydrogen (secondary N) is 1. The molecule has 0 bridgehead atoms. The van der Waals surface area contributed by atoms with E-state index in [0.717, 1.165) is 32.6 Å². The van der Waals surface area contributed by atoms with E-state index < -0.39 is 0 Å². The predicted molar refractivity (Wildman–Crippen MR) is 66.5 cm³/mol. The lowest BCUT2D eigenvalue weighted by Crippen LogP contribution is -2.25. The van der Waals surface area contributed by atoms with Crippen molar-refractivity contribution in [2.45, 2.75) is 12.8 Å². The summed E-state index contributed by atoms with van der Waals surface area (Å²) in [6.07, 6.45) is 3.68. The molecule has 1 fully saturated rings. The maximum absolute atomic E-state index is 11.5. The van der Waals surface area contributed by atoms with Crippen LogP contribution in [0, 0.1) is 5.92 Å². The van der Waals surface area contributed by atoms with E-state index in [9.17, 15) is 4.79 Å². The summed E-state index contributed by atoms with van der Waals surface area (Å²) in [5.74, 6) is 0.573. The highest BCUT2D eigenvalue weighted by molar-refractivity contribution is 6.32. The fraction of sp³-hybridized carbons (Fsp3) is 0.636. The number of hydrogen-bond donors (Lipinski definition) is 1. The molecule has 0 amide bonds. The molecule has 0 saturated carbocycles. The number of halogens is 1. The summed E-state index contributed by atoms with van der Waals surface area (Å²) < 4.78 is 6.51. The molecule has 0 radical (unpaired) electrons. The van der Waals surface area contributed by atoms with Gasteiger partial charge in [-0.2, -0.15) is 5.10 Å². The largest absolute Gasteiger partial charge is 0.382 e. The van der Waals surface area contributed by atoms with E-state index >= 15 is 0 Å². The molecule has 0 atom stereocenters. The van der Waals surface area contributed by atoms with E-state index in [0.29, 0.717) is 11.6 Å². The first kappa shape index (κ1) is 12.4. The van der Waals surface area contributed by atoms with Gasteiger partial charge in [-0.1, -0.05) is 11.6 Å². The third-order valence-corrected chi connectivity index (χ3v) is 3.37. The summed E-state index contributed by atoms with van der Waals surface area (Å²) in [4.78, 5) is 11.5. The van der Waals surface area contributed by atoms with Crippen LogP contribution in [-0.2, 0) is 11.8 Å². The van der Waals surface area contributed by atoms with Gasteiger partial charge in [0.25, 0.3) is 5.56 Å². The molecule has 1 aromatic rings. The zero-order valence-corrected chi connectivity index (χ0v) is 10.5. The van der Waals surface area contributed by atoms with Crippen molar-refractivity contribution >= 4 is 17.3 Å². The Labute approximate surface area is 105 Å². The fourth-order valence-corrected chi connectivity index (χ4v) is 2.08. The first-order valence-electron chi connectivity index (χ1n) is 5.72. The molecule has 6 heteroatoms. The summed E-state index contributed by atoms with van der Waals surface area (Å²) in [6, 6.07) is 0. The van der Waals surface area contributed by atoms with Crippen molar-refractivity contribution in [2.24, 2.45) is 13.0 Å². The fourth-order valence-electron chi connectivity index (χ4n) is 1.84. The molecule has 94 valence electrons. The normalized spacial score (nSPS) is 17.1. The topological polar surface area (TPSA) is 56.1 Å². The summed E-state index contributed by atoms with van der Waals surface area (Å²) in [5, 5.41) is 7.33. The second-order valence-corrected chi connectivity index (χ2v) is 4.62. The van der Waals surface area contributed by atoms with Crippen LogP contribution in [0.15, 0.2) is 11.0 Å². The van der Waals surface area contributed by atoms with Crippen LogP contribution in [0.5, 0.6) is 0 Å². The highest BCUT2D eigenvalue weighted by Crippen LogP contribution is 2.19. The average molecular weight is 258 g/mol. The minimum Gasteiger partial charge on any atom is -0.382 e. The van der Waals surface area contributed by atoms with E-state index in [1.165, 1.54) is 4.68 Å². The van der Waals surface area contributed by atoms with Crippen LogP contribution < -0.4 is 10.9 Å². The maximum Gasteiger partial charge on any atom is 0.287 e. The molecule has 0 unspecified atom stereocenters. The Kier molecular flexibility index (Phi) is 4.02. The molecule has 1 aliphatic heterocycles. The molecule has 1 N–H and O–H groups in total. The smallest absolute Gasteiger partial charge is 0.287 e. The van der Waals surface area contributed by atoms with Crippen molar-refractivity contribution in [3.63, 3.8) is 0 Å². The van der Waals surface area contributed by atoms with E-state index in [4.69, 9.17) is 16.3 Å². The van der Waals surface area contributed by atoms with Crippen LogP contribution in [0.2, 0.25) is 5.02 Å². The third-order valence-electron chi connectivity index (χ3n) is 3.00. The first-order valence-corrected chi connectivity index (χ1v) is 6.09. The summed E-state index contributed by atoms with van der Waals surface area (Å²) in [6.45, 7) is 2.43. The van der Waals surface area contributed by atoms with Gasteiger partial charge in [-0.15, -0.1) is 0 Å². The SMILES string of the molecule is Cn1ncc(NCC2CCOCC2)c(Cl)c1=O. The summed E-state index contributed by atoms with van der Waals surface area (Å²) >= 11 is 5.96. The quantitative estimate of drug-likeness (QED) is 0.886. The molecule has 0 spiro atoms. The van der Waals surface area contributed by atoms with Crippen LogP contribution in [-0.4, -0.2) is 29.5 Å². The van der Waals surface area contributed by atoms with Gasteiger partial charge in [0.2, 0.25) is 0 Å². The second kappa shape index (κ2) is 5.51. The zero-order chi connectivity index (χ0) is 12.3. The van der Waals surface area contributed by atoms with Gasteiger partial charge >= 0.3 is 0 Å². The average Bonchev–Trinajstić information content (AvgIpc) is 2.36. The highest BCUT2D eigenvalue weighted by Gasteiger charge is 2.14. The molecule has 1 aliphatic rings. The van der Waals surface area contributed by atoms with Crippen LogP contribution in [0.4, 0.5) is 5.69 Å². The number of anilines is 1. The number of aryl methyl sites for hydroxylation is 1. The van der Waals surface area contributed by atoms with Crippen molar-refractivity contribution in [3.05, 3.63) is 21.6 Å². The Morgan fingerprint density at radius 2 is 2.29 bits per heavy atom. The highest BCUT2D eigenvalue weighted by atomic mass is 35.5. The van der Waals surface area contributed by atoms with Crippen molar-refractivity contribution in [2.75, 3.05) is 25.1 Å². The molecule has 1 saturated heterocycles. The molecule has 2 heterocycles. The number of ether oxygens (including phenoxy) is 1. The van der Waals surface area contributed by atoms with Crippen molar-refractivity contribution in [3.8, 4) is 0 Å². The van der Waals surface area contributed by atoms with Gasteiger partial charge in [-0.3, -0.25) is 4.79 Å². The molecule has 5 nitrogen and oxygen atoms in total. The monoisotopic (exact) mass is 257 g/mol. The molecular formula is C11H16ClN3O2. The number of aromatic nitrogens is 2. The lowest BCUT2D eigenvalue weighted by atomic mass is 10.0. The van der Waals surface area contributed by atoms with Crippen molar-refractivity contribution < 1.29 is 4.74 Å². The number of rotatable bonds is 3. The van der Waals surface area contributed by atoms with E-state index in [1.54, 1.807) is 13.2 Å². The summed E-state index contributed by atoms with van der Waals surface area (Å²) in [7, 11) is 1.58. The molecule has 0 aromatic carbocycles. The van der Waals surface area contributed by atoms with Gasteiger partial charge in [-0.25, -0.2) is 4.68 Å². The van der Waals surface area contributed by atoms with E-state index in [1.807, 2.05) is 0 Å². The van der Waals surface area contributed by atoms with Gasteiger partial charge in [0.15, 0.2) is 0 Å². The molecule has 2 rings (SSSR count). The van der Waals surface area contributed by atoms with Gasteiger partial charge in [0.1, 0.15) is 5.02 Å². The first-order chi connectivity index (χ1) is 8.18. The van der Waals surface area contributed by atoms with E-state index in [-0.39, 0.29) is 10.6 Å². The predicted octanol–water partition coefficient (Wildman–Crippen LogP) is 1.27. The number of hydrogen-bond acceptors (Lipinski definition) is 4. The third kappa shape index (κ3) is 2.98. The zero-order valence-electron chi connectivity index (χ0n) is 9.78. The molecule has 17 heavy (non-hydrogen) atoms. The minimum absolute atomic E-state index is 0.203. The second-order valence-electron chi connectivity index (χ2n) is 4.24. The van der Waals surface area contributed by atoms with Crippen molar-refractivity contribution in [1.82, 2.24) is 9.78 Å². The van der Waals surface area contributed by atoms with Crippen molar-refractivity contribution in [1.29, 1.82) is 0 Å². The molecule has 1 aromatic heterocycles. The van der Waals surface area contributed by atoms with Gasteiger partial charge in [0.05, 0.1) is 11.9 Å². The van der Waals surface area contributed by atoms with E-state index in [2.05, 4.69) is 10.4 Å². The van der Waals surface area contributed by atoms with Crippen LogP contribution in [0.3, 0.4) is 0 Å². The maximum atomic E-state index is 11.5. The van der Waals surface area contributed by atoms with Crippen LogP contribution in [0.1, 0.15) is 12.8 Å². The lowest BCUT2D eigenvalue weighted by Gasteiger charge is -2.22. The van der Waals surface area contributed by atoms with Gasteiger partial charge in [-0.05, 0) is 18.8 Å². The van der Waals surface area contributed by atoms with Crippen LogP contribution >= 0.6 is 11.6 Å². The summed E-state index contributed by atoms with van der Waals surface area (Å²) in [5.41, 5.74) is 0.338. The lowest BCUT2D eigenvalue weighted by molar-refractivity contribution is 0.0699. The van der Waals surface area contributed by atoms with Crippen LogP contribution in [0.25, 0.3) is 0 Å². The Morgan fingerprint density at radius 1 is 1.59 bits per heavy atom. The Balaban J connectivity index is 1.99. The van der Waals surface area contributed by atoms with Gasteiger partial charge in [0, 0.05) is 26.8 Å². The Bertz CT molecular complexity index is 441. The minimum atomic E-state index is -0.274.